The van der Waals surface area contributed by atoms with Gasteiger partial charge in [-0.3, -0.25) is 0 Å². The van der Waals surface area contributed by atoms with Crippen LogP contribution in [0.15, 0.2) is 54.6 Å². The number of phenols is 1. The Bertz CT molecular complexity index is 650. The fraction of sp³-hybridized carbons (Fsp3) is 0.316. The molecule has 0 aliphatic carbocycles. The van der Waals surface area contributed by atoms with Crippen molar-refractivity contribution in [2.45, 2.75) is 12.6 Å². The number of phenolic OH excluding ortho intramolecular Hbond substituents is 1. The summed E-state index contributed by atoms with van der Waals surface area (Å²) in [6, 6.07) is 15.8. The van der Waals surface area contributed by atoms with Crippen molar-refractivity contribution in [1.29, 1.82) is 0 Å². The molecule has 2 rings (SSSR count). The minimum atomic E-state index is -0.671. The van der Waals surface area contributed by atoms with Crippen LogP contribution in [0.2, 0.25) is 0 Å². The summed E-state index contributed by atoms with van der Waals surface area (Å²) in [5.74, 6) is 0.749. The van der Waals surface area contributed by atoms with Gasteiger partial charge in [-0.2, -0.15) is 0 Å². The van der Waals surface area contributed by atoms with Crippen LogP contribution in [0.3, 0.4) is 0 Å². The largest absolute Gasteiger partial charge is 0.508 e. The number of amides is 2. The maximum atomic E-state index is 11.7. The molecule has 0 heterocycles. The van der Waals surface area contributed by atoms with Crippen LogP contribution < -0.4 is 20.7 Å². The van der Waals surface area contributed by atoms with Gasteiger partial charge in [-0.1, -0.05) is 30.3 Å². The van der Waals surface area contributed by atoms with Crippen molar-refractivity contribution in [3.8, 4) is 11.5 Å². The molecule has 0 aliphatic heterocycles. The summed E-state index contributed by atoms with van der Waals surface area (Å²) in [6.45, 7) is 1.96. The maximum Gasteiger partial charge on any atom is 0.315 e. The summed E-state index contributed by atoms with van der Waals surface area (Å²) in [5, 5.41) is 27.6. The van der Waals surface area contributed by atoms with E-state index in [1.165, 1.54) is 12.1 Å². The fourth-order valence-corrected chi connectivity index (χ4v) is 2.17. The third kappa shape index (κ3) is 7.87. The molecule has 0 saturated carbocycles. The molecule has 0 radical (unpaired) electrons. The van der Waals surface area contributed by atoms with Crippen LogP contribution >= 0.6 is 0 Å². The van der Waals surface area contributed by atoms with Gasteiger partial charge in [0, 0.05) is 26.2 Å². The molecule has 2 aromatic rings. The van der Waals surface area contributed by atoms with Crippen LogP contribution in [0, 0.1) is 0 Å². The molecular weight excluding hydrogens is 334 g/mol. The molecule has 0 aliphatic rings. The first-order chi connectivity index (χ1) is 12.6. The number of benzene rings is 2. The molecule has 2 aromatic carbocycles. The molecule has 7 nitrogen and oxygen atoms in total. The van der Waals surface area contributed by atoms with E-state index in [0.717, 1.165) is 5.56 Å². The summed E-state index contributed by atoms with van der Waals surface area (Å²) in [5.41, 5.74) is 1.04. The molecule has 1 unspecified atom stereocenters. The van der Waals surface area contributed by atoms with Crippen molar-refractivity contribution in [3.63, 3.8) is 0 Å². The highest BCUT2D eigenvalue weighted by Gasteiger charge is 2.05. The number of aliphatic hydroxyl groups is 1. The lowest BCUT2D eigenvalue weighted by Gasteiger charge is -2.13. The van der Waals surface area contributed by atoms with Crippen LogP contribution in [-0.4, -0.2) is 48.6 Å². The van der Waals surface area contributed by atoms with Gasteiger partial charge in [0.25, 0.3) is 0 Å². The number of aromatic hydroxyl groups is 1. The molecule has 1 atom stereocenters. The van der Waals surface area contributed by atoms with Gasteiger partial charge in [0.1, 0.15) is 24.2 Å². The number of ether oxygens (including phenoxy) is 1. The maximum absolute atomic E-state index is 11.7. The first kappa shape index (κ1) is 19.6. The molecule has 140 valence electrons. The predicted molar refractivity (Wildman–Crippen MR) is 99.2 cm³/mol. The Kier molecular flexibility index (Phi) is 8.25. The number of urea groups is 1. The van der Waals surface area contributed by atoms with Crippen molar-refractivity contribution < 1.29 is 19.7 Å². The first-order valence-corrected chi connectivity index (χ1v) is 8.50. The smallest absolute Gasteiger partial charge is 0.315 e. The van der Waals surface area contributed by atoms with Crippen LogP contribution in [-0.2, 0) is 6.54 Å². The van der Waals surface area contributed by atoms with E-state index < -0.39 is 6.10 Å². The molecule has 5 N–H and O–H groups in total. The van der Waals surface area contributed by atoms with Crippen LogP contribution in [0.4, 0.5) is 4.79 Å². The highest BCUT2D eigenvalue weighted by atomic mass is 16.5. The van der Waals surface area contributed by atoms with Gasteiger partial charge < -0.3 is 30.9 Å². The van der Waals surface area contributed by atoms with E-state index in [9.17, 15) is 15.0 Å². The van der Waals surface area contributed by atoms with Gasteiger partial charge >= 0.3 is 6.03 Å². The second-order valence-corrected chi connectivity index (χ2v) is 5.76. The standard InChI is InChI=1S/C19H25N3O4/c23-16-6-8-18(9-7-16)26-14-17(24)13-20-10-11-21-19(25)22-12-15-4-2-1-3-5-15/h1-9,17,20,23-24H,10-14H2,(H2,21,22,25). The summed E-state index contributed by atoms with van der Waals surface area (Å²) >= 11 is 0. The summed E-state index contributed by atoms with van der Waals surface area (Å²) < 4.78 is 5.41. The number of hydrogen-bond acceptors (Lipinski definition) is 5. The Labute approximate surface area is 153 Å². The second kappa shape index (κ2) is 11.0. The number of carbonyl (C=O) groups is 1. The molecule has 0 aromatic heterocycles. The van der Waals surface area contributed by atoms with Gasteiger partial charge in [-0.25, -0.2) is 4.79 Å². The number of nitrogens with one attached hydrogen (secondary N) is 3. The molecular formula is C19H25N3O4. The molecule has 0 spiro atoms. The van der Waals surface area contributed by atoms with E-state index >= 15 is 0 Å². The number of hydrogen-bond donors (Lipinski definition) is 5. The summed E-state index contributed by atoms with van der Waals surface area (Å²) in [6.07, 6.45) is -0.671. The molecule has 26 heavy (non-hydrogen) atoms. The highest BCUT2D eigenvalue weighted by Crippen LogP contribution is 2.15. The molecule has 2 amide bonds. The lowest BCUT2D eigenvalue weighted by Crippen LogP contribution is -2.40. The average Bonchev–Trinajstić information content (AvgIpc) is 2.66. The van der Waals surface area contributed by atoms with E-state index in [-0.39, 0.29) is 18.4 Å². The number of rotatable bonds is 10. The number of aliphatic hydroxyl groups excluding tert-OH is 1. The number of carbonyl (C=O) groups excluding carboxylic acids is 1. The topological polar surface area (TPSA) is 103 Å². The van der Waals surface area contributed by atoms with Crippen molar-refractivity contribution >= 4 is 6.03 Å². The van der Waals surface area contributed by atoms with Crippen molar-refractivity contribution in [2.75, 3.05) is 26.2 Å². The Morgan fingerprint density at radius 1 is 1.00 bits per heavy atom. The SMILES string of the molecule is O=C(NCCNCC(O)COc1ccc(O)cc1)NCc1ccccc1. The highest BCUT2D eigenvalue weighted by molar-refractivity contribution is 5.73. The normalized spacial score (nSPS) is 11.6. The van der Waals surface area contributed by atoms with Crippen molar-refractivity contribution in [1.82, 2.24) is 16.0 Å². The minimum Gasteiger partial charge on any atom is -0.508 e. The van der Waals surface area contributed by atoms with E-state index in [1.807, 2.05) is 30.3 Å². The Hall–Kier alpha value is -2.77. The fourth-order valence-electron chi connectivity index (χ4n) is 2.17. The van der Waals surface area contributed by atoms with E-state index in [0.29, 0.717) is 31.9 Å². The third-order valence-corrected chi connectivity index (χ3v) is 3.54. The third-order valence-electron chi connectivity index (χ3n) is 3.54. The van der Waals surface area contributed by atoms with E-state index in [4.69, 9.17) is 4.74 Å². The monoisotopic (exact) mass is 359 g/mol. The Morgan fingerprint density at radius 2 is 1.73 bits per heavy atom. The quantitative estimate of drug-likeness (QED) is 0.411. The summed E-state index contributed by atoms with van der Waals surface area (Å²) in [4.78, 5) is 11.7. The summed E-state index contributed by atoms with van der Waals surface area (Å²) in [7, 11) is 0. The Morgan fingerprint density at radius 3 is 2.46 bits per heavy atom. The lowest BCUT2D eigenvalue weighted by molar-refractivity contribution is 0.106. The molecule has 0 fully saturated rings. The second-order valence-electron chi connectivity index (χ2n) is 5.76. The van der Waals surface area contributed by atoms with Gasteiger partial charge in [0.2, 0.25) is 0 Å². The van der Waals surface area contributed by atoms with Crippen LogP contribution in [0.1, 0.15) is 5.56 Å². The minimum absolute atomic E-state index is 0.142. The zero-order valence-electron chi connectivity index (χ0n) is 14.5. The van der Waals surface area contributed by atoms with Crippen LogP contribution in [0.5, 0.6) is 11.5 Å². The van der Waals surface area contributed by atoms with Crippen molar-refractivity contribution in [2.24, 2.45) is 0 Å². The molecule has 7 heteroatoms. The zero-order valence-corrected chi connectivity index (χ0v) is 14.5. The van der Waals surface area contributed by atoms with Gasteiger partial charge in [-0.05, 0) is 29.8 Å². The van der Waals surface area contributed by atoms with E-state index in [1.54, 1.807) is 12.1 Å². The van der Waals surface area contributed by atoms with Gasteiger partial charge in [0.15, 0.2) is 0 Å². The average molecular weight is 359 g/mol. The predicted octanol–water partition coefficient (Wildman–Crippen LogP) is 1.22. The van der Waals surface area contributed by atoms with Crippen LogP contribution in [0.25, 0.3) is 0 Å². The van der Waals surface area contributed by atoms with Crippen molar-refractivity contribution in [3.05, 3.63) is 60.2 Å². The zero-order chi connectivity index (χ0) is 18.6. The lowest BCUT2D eigenvalue weighted by atomic mass is 10.2. The first-order valence-electron chi connectivity index (χ1n) is 8.50. The molecule has 0 saturated heterocycles. The van der Waals surface area contributed by atoms with Gasteiger partial charge in [0.05, 0.1) is 0 Å². The molecule has 0 bridgehead atoms. The van der Waals surface area contributed by atoms with E-state index in [2.05, 4.69) is 16.0 Å². The Balaban J connectivity index is 1.49. The van der Waals surface area contributed by atoms with Gasteiger partial charge in [-0.15, -0.1) is 0 Å².